The summed E-state index contributed by atoms with van der Waals surface area (Å²) in [5, 5.41) is 0. The van der Waals surface area contributed by atoms with Crippen LogP contribution in [0.4, 0.5) is 0 Å². The molecule has 0 aliphatic carbocycles. The molecule has 4 aromatic heterocycles. The highest BCUT2D eigenvalue weighted by Gasteiger charge is 2.11. The van der Waals surface area contributed by atoms with Crippen molar-refractivity contribution in [3.8, 4) is 0 Å². The van der Waals surface area contributed by atoms with Crippen molar-refractivity contribution >= 4 is 11.3 Å². The molecule has 24 heavy (non-hydrogen) atoms. The zero-order valence-electron chi connectivity index (χ0n) is 14.3. The van der Waals surface area contributed by atoms with Crippen LogP contribution >= 0.6 is 0 Å². The van der Waals surface area contributed by atoms with E-state index in [0.29, 0.717) is 11.8 Å². The lowest BCUT2D eigenvalue weighted by molar-refractivity contribution is 0.751. The van der Waals surface area contributed by atoms with Gasteiger partial charge in [-0.25, -0.2) is 9.97 Å². The molecule has 4 rings (SSSR count). The maximum absolute atomic E-state index is 4.57. The van der Waals surface area contributed by atoms with E-state index in [4.69, 9.17) is 0 Å². The smallest absolute Gasteiger partial charge is 0.233 e. The Balaban J connectivity index is 1.60. The molecule has 122 valence electrons. The zero-order valence-corrected chi connectivity index (χ0v) is 14.3. The SMILES string of the molecule is CC(C)c1cn2cc(CC(C)c3cc4ccccn4c3)cnc2n1. The minimum atomic E-state index is 0.419. The first-order valence-corrected chi connectivity index (χ1v) is 8.50. The lowest BCUT2D eigenvalue weighted by Gasteiger charge is -2.09. The number of fused-ring (bicyclic) bond motifs is 2. The highest BCUT2D eigenvalue weighted by molar-refractivity contribution is 5.51. The Hall–Kier alpha value is -2.62. The van der Waals surface area contributed by atoms with Gasteiger partial charge in [0.1, 0.15) is 0 Å². The van der Waals surface area contributed by atoms with Gasteiger partial charge in [-0.2, -0.15) is 0 Å². The van der Waals surface area contributed by atoms with Crippen LogP contribution < -0.4 is 0 Å². The van der Waals surface area contributed by atoms with Crippen LogP contribution in [-0.2, 0) is 6.42 Å². The molecule has 4 heteroatoms. The van der Waals surface area contributed by atoms with Crippen LogP contribution in [0, 0.1) is 0 Å². The molecule has 4 heterocycles. The predicted molar refractivity (Wildman–Crippen MR) is 96.6 cm³/mol. The molecule has 0 saturated heterocycles. The Morgan fingerprint density at radius 3 is 2.71 bits per heavy atom. The summed E-state index contributed by atoms with van der Waals surface area (Å²) in [7, 11) is 0. The summed E-state index contributed by atoms with van der Waals surface area (Å²) >= 11 is 0. The van der Waals surface area contributed by atoms with Gasteiger partial charge in [-0.1, -0.05) is 26.8 Å². The van der Waals surface area contributed by atoms with E-state index in [1.54, 1.807) is 0 Å². The van der Waals surface area contributed by atoms with E-state index in [-0.39, 0.29) is 0 Å². The number of hydrogen-bond donors (Lipinski definition) is 0. The monoisotopic (exact) mass is 318 g/mol. The maximum atomic E-state index is 4.57. The third-order valence-corrected chi connectivity index (χ3v) is 4.61. The lowest BCUT2D eigenvalue weighted by Crippen LogP contribution is -2.00. The summed E-state index contributed by atoms with van der Waals surface area (Å²) in [6.07, 6.45) is 11.5. The van der Waals surface area contributed by atoms with Crippen molar-refractivity contribution in [3.05, 3.63) is 72.1 Å². The first kappa shape index (κ1) is 14.9. The van der Waals surface area contributed by atoms with Crippen molar-refractivity contribution in [2.24, 2.45) is 0 Å². The molecule has 0 amide bonds. The van der Waals surface area contributed by atoms with Crippen molar-refractivity contribution in [1.82, 2.24) is 18.8 Å². The van der Waals surface area contributed by atoms with Crippen LogP contribution in [0.15, 0.2) is 55.2 Å². The molecule has 0 N–H and O–H groups in total. The predicted octanol–water partition coefficient (Wildman–Crippen LogP) is 4.45. The van der Waals surface area contributed by atoms with E-state index in [9.17, 15) is 0 Å². The third kappa shape index (κ3) is 2.68. The van der Waals surface area contributed by atoms with Crippen LogP contribution in [0.25, 0.3) is 11.3 Å². The Kier molecular flexibility index (Phi) is 3.60. The molecule has 1 unspecified atom stereocenters. The molecule has 0 saturated carbocycles. The molecular weight excluding hydrogens is 296 g/mol. The number of rotatable bonds is 4. The fraction of sp³-hybridized carbons (Fsp3) is 0.300. The Morgan fingerprint density at radius 2 is 1.92 bits per heavy atom. The minimum absolute atomic E-state index is 0.419. The second kappa shape index (κ2) is 5.78. The summed E-state index contributed by atoms with van der Waals surface area (Å²) < 4.78 is 4.23. The first-order valence-electron chi connectivity index (χ1n) is 8.50. The van der Waals surface area contributed by atoms with Crippen LogP contribution in [-0.4, -0.2) is 18.8 Å². The standard InChI is InChI=1S/C20H22N4/c1-14(2)19-13-24-11-16(10-21-20(24)22-19)8-15(3)17-9-18-6-4-5-7-23(18)12-17/h4-7,9-15H,8H2,1-3H3. The van der Waals surface area contributed by atoms with Gasteiger partial charge in [0.05, 0.1) is 5.69 Å². The fourth-order valence-corrected chi connectivity index (χ4v) is 3.15. The largest absolute Gasteiger partial charge is 0.324 e. The molecular formula is C20H22N4. The van der Waals surface area contributed by atoms with Crippen molar-refractivity contribution < 1.29 is 0 Å². The van der Waals surface area contributed by atoms with E-state index < -0.39 is 0 Å². The second-order valence-electron chi connectivity index (χ2n) is 6.90. The Bertz CT molecular complexity index is 960. The summed E-state index contributed by atoms with van der Waals surface area (Å²) in [5.74, 6) is 1.64. The summed E-state index contributed by atoms with van der Waals surface area (Å²) in [4.78, 5) is 9.09. The van der Waals surface area contributed by atoms with Crippen LogP contribution in [0.3, 0.4) is 0 Å². The minimum Gasteiger partial charge on any atom is -0.324 e. The molecule has 0 aliphatic heterocycles. The molecule has 0 aromatic carbocycles. The average molecular weight is 318 g/mol. The molecule has 1 atom stereocenters. The zero-order chi connectivity index (χ0) is 16.7. The van der Waals surface area contributed by atoms with Crippen LogP contribution in [0.2, 0.25) is 0 Å². The third-order valence-electron chi connectivity index (χ3n) is 4.61. The van der Waals surface area contributed by atoms with Gasteiger partial charge in [-0.05, 0) is 47.6 Å². The van der Waals surface area contributed by atoms with Gasteiger partial charge >= 0.3 is 0 Å². The summed E-state index contributed by atoms with van der Waals surface area (Å²) in [5.41, 5.74) is 4.92. The normalized spacial score (nSPS) is 13.2. The van der Waals surface area contributed by atoms with Gasteiger partial charge < -0.3 is 4.40 Å². The van der Waals surface area contributed by atoms with Crippen LogP contribution in [0.5, 0.6) is 0 Å². The molecule has 0 bridgehead atoms. The highest BCUT2D eigenvalue weighted by Crippen LogP contribution is 2.23. The quantitative estimate of drug-likeness (QED) is 0.557. The molecule has 4 aromatic rings. The van der Waals surface area contributed by atoms with Gasteiger partial charge in [0, 0.05) is 36.5 Å². The fourth-order valence-electron chi connectivity index (χ4n) is 3.15. The van der Waals surface area contributed by atoms with E-state index in [1.165, 1.54) is 16.6 Å². The highest BCUT2D eigenvalue weighted by atomic mass is 15.1. The molecule has 4 nitrogen and oxygen atoms in total. The molecule has 0 fully saturated rings. The van der Waals surface area contributed by atoms with Gasteiger partial charge in [-0.15, -0.1) is 0 Å². The topological polar surface area (TPSA) is 34.6 Å². The van der Waals surface area contributed by atoms with E-state index in [2.05, 4.69) is 84.2 Å². The maximum Gasteiger partial charge on any atom is 0.233 e. The van der Waals surface area contributed by atoms with Gasteiger partial charge in [-0.3, -0.25) is 4.40 Å². The summed E-state index contributed by atoms with van der Waals surface area (Å²) in [6.45, 7) is 6.58. The lowest BCUT2D eigenvalue weighted by atomic mass is 9.97. The van der Waals surface area contributed by atoms with Crippen molar-refractivity contribution in [2.45, 2.75) is 39.0 Å². The summed E-state index contributed by atoms with van der Waals surface area (Å²) in [6, 6.07) is 8.55. The van der Waals surface area contributed by atoms with E-state index in [1.807, 2.05) is 10.6 Å². The second-order valence-corrected chi connectivity index (χ2v) is 6.90. The number of imidazole rings is 1. The molecule has 0 spiro atoms. The Morgan fingerprint density at radius 1 is 1.04 bits per heavy atom. The van der Waals surface area contributed by atoms with E-state index in [0.717, 1.165) is 17.9 Å². The number of aromatic nitrogens is 4. The average Bonchev–Trinajstić information content (AvgIpc) is 3.18. The van der Waals surface area contributed by atoms with Gasteiger partial charge in [0.2, 0.25) is 5.78 Å². The van der Waals surface area contributed by atoms with Crippen molar-refractivity contribution in [1.29, 1.82) is 0 Å². The van der Waals surface area contributed by atoms with Gasteiger partial charge in [0.25, 0.3) is 0 Å². The molecule has 0 radical (unpaired) electrons. The van der Waals surface area contributed by atoms with Crippen LogP contribution in [0.1, 0.15) is 49.4 Å². The number of nitrogens with zero attached hydrogens (tertiary/aromatic N) is 4. The van der Waals surface area contributed by atoms with Crippen molar-refractivity contribution in [2.75, 3.05) is 0 Å². The first-order chi connectivity index (χ1) is 11.6. The Labute approximate surface area is 141 Å². The van der Waals surface area contributed by atoms with Gasteiger partial charge in [0.15, 0.2) is 0 Å². The number of hydrogen-bond acceptors (Lipinski definition) is 2. The van der Waals surface area contributed by atoms with E-state index >= 15 is 0 Å². The molecule has 0 aliphatic rings. The van der Waals surface area contributed by atoms with Crippen molar-refractivity contribution in [3.63, 3.8) is 0 Å². The number of pyridine rings is 1.